The second-order valence-electron chi connectivity index (χ2n) is 5.65. The number of fused-ring (bicyclic) bond motifs is 1. The molecule has 10 heteroatoms. The van der Waals surface area contributed by atoms with Crippen molar-refractivity contribution in [2.75, 3.05) is 75.9 Å². The van der Waals surface area contributed by atoms with Gasteiger partial charge in [0.25, 0.3) is 5.69 Å². The van der Waals surface area contributed by atoms with Crippen LogP contribution in [0, 0.1) is 10.1 Å². The van der Waals surface area contributed by atoms with Crippen LogP contribution in [0.4, 0.5) is 5.69 Å². The minimum absolute atomic E-state index is 0.0114. The Morgan fingerprint density at radius 2 is 1.21 bits per heavy atom. The predicted molar refractivity (Wildman–Crippen MR) is 111 cm³/mol. The zero-order valence-electron chi connectivity index (χ0n) is 15.8. The maximum Gasteiger partial charge on any atom is 0.273 e. The van der Waals surface area contributed by atoms with E-state index in [2.05, 4.69) is 0 Å². The van der Waals surface area contributed by atoms with Gasteiger partial charge in [-0.25, -0.2) is 0 Å². The fourth-order valence-electron chi connectivity index (χ4n) is 2.25. The SMILES string of the molecule is O=[N+]([O-])c1ccc2c(c1)OCCSCCOCCOCCOCCSCCO2. The van der Waals surface area contributed by atoms with Crippen LogP contribution in [0.15, 0.2) is 18.2 Å². The maximum atomic E-state index is 11.0. The van der Waals surface area contributed by atoms with Crippen LogP contribution in [-0.4, -0.2) is 80.8 Å². The van der Waals surface area contributed by atoms with Gasteiger partial charge in [0.05, 0.1) is 63.8 Å². The van der Waals surface area contributed by atoms with E-state index in [9.17, 15) is 10.1 Å². The van der Waals surface area contributed by atoms with Gasteiger partial charge in [-0.1, -0.05) is 0 Å². The van der Waals surface area contributed by atoms with Crippen molar-refractivity contribution in [3.63, 3.8) is 0 Å². The van der Waals surface area contributed by atoms with Crippen molar-refractivity contribution < 1.29 is 28.6 Å². The van der Waals surface area contributed by atoms with Gasteiger partial charge >= 0.3 is 0 Å². The summed E-state index contributed by atoms with van der Waals surface area (Å²) in [5, 5.41) is 11.0. The van der Waals surface area contributed by atoms with Gasteiger partial charge < -0.3 is 23.7 Å². The van der Waals surface area contributed by atoms with Crippen molar-refractivity contribution in [1.82, 2.24) is 0 Å². The molecule has 28 heavy (non-hydrogen) atoms. The first kappa shape index (κ1) is 23.1. The number of nitrogens with zero attached hydrogens (tertiary/aromatic N) is 1. The van der Waals surface area contributed by atoms with Crippen molar-refractivity contribution in [1.29, 1.82) is 0 Å². The van der Waals surface area contributed by atoms with E-state index in [0.29, 0.717) is 64.4 Å². The van der Waals surface area contributed by atoms with Gasteiger partial charge in [0.15, 0.2) is 11.5 Å². The highest BCUT2D eigenvalue weighted by molar-refractivity contribution is 7.99. The molecule has 0 spiro atoms. The van der Waals surface area contributed by atoms with Gasteiger partial charge in [-0.2, -0.15) is 23.5 Å². The van der Waals surface area contributed by atoms with Crippen LogP contribution in [0.3, 0.4) is 0 Å². The molecule has 1 heterocycles. The predicted octanol–water partition coefficient (Wildman–Crippen LogP) is 2.88. The molecule has 1 aromatic carbocycles. The summed E-state index contributed by atoms with van der Waals surface area (Å²) in [6.07, 6.45) is 0. The summed E-state index contributed by atoms with van der Waals surface area (Å²) in [5.74, 6) is 4.20. The number of rotatable bonds is 1. The molecule has 2 rings (SSSR count). The zero-order chi connectivity index (χ0) is 19.9. The van der Waals surface area contributed by atoms with E-state index < -0.39 is 4.92 Å². The number of ether oxygens (including phenoxy) is 5. The van der Waals surface area contributed by atoms with E-state index in [1.165, 1.54) is 12.1 Å². The first-order chi connectivity index (χ1) is 13.8. The smallest absolute Gasteiger partial charge is 0.273 e. The van der Waals surface area contributed by atoms with Gasteiger partial charge in [-0.05, 0) is 6.07 Å². The number of nitro groups is 1. The fraction of sp³-hybridized carbons (Fsp3) is 0.667. The number of thioether (sulfide) groups is 2. The summed E-state index contributed by atoms with van der Waals surface area (Å²) >= 11 is 3.43. The Morgan fingerprint density at radius 3 is 1.79 bits per heavy atom. The van der Waals surface area contributed by atoms with Gasteiger partial charge in [0, 0.05) is 29.1 Å². The standard InChI is InChI=1S/C18H27NO7S2/c20-19(21)16-1-2-17-18(15-16)26-10-14-28-12-8-24-6-4-22-3-5-23-7-11-27-13-9-25-17/h1-2,15H,3-14H2. The van der Waals surface area contributed by atoms with Crippen molar-refractivity contribution in [3.05, 3.63) is 28.3 Å². The molecule has 0 unspecified atom stereocenters. The maximum absolute atomic E-state index is 11.0. The van der Waals surface area contributed by atoms with Crippen LogP contribution in [-0.2, 0) is 14.2 Å². The van der Waals surface area contributed by atoms with Gasteiger partial charge in [0.1, 0.15) is 0 Å². The Kier molecular flexibility index (Phi) is 12.2. The highest BCUT2D eigenvalue weighted by Gasteiger charge is 2.13. The summed E-state index contributed by atoms with van der Waals surface area (Å²) in [6.45, 7) is 4.54. The molecule has 0 radical (unpaired) electrons. The third-order valence-corrected chi connectivity index (χ3v) is 5.42. The molecule has 158 valence electrons. The van der Waals surface area contributed by atoms with Crippen molar-refractivity contribution in [3.8, 4) is 11.5 Å². The quantitative estimate of drug-likeness (QED) is 0.490. The molecule has 1 aliphatic rings. The Balaban J connectivity index is 1.86. The summed E-state index contributed by atoms with van der Waals surface area (Å²) in [6, 6.07) is 4.44. The molecule has 0 bridgehead atoms. The molecule has 0 saturated heterocycles. The third kappa shape index (κ3) is 9.83. The average Bonchev–Trinajstić information content (AvgIpc) is 2.69. The lowest BCUT2D eigenvalue weighted by Gasteiger charge is -2.12. The number of nitro benzene ring substituents is 1. The zero-order valence-corrected chi connectivity index (χ0v) is 17.5. The normalized spacial score (nSPS) is 19.3. The molecule has 1 aromatic rings. The molecule has 0 aromatic heterocycles. The fourth-order valence-corrected chi connectivity index (χ4v) is 3.53. The van der Waals surface area contributed by atoms with E-state index in [4.69, 9.17) is 23.7 Å². The minimum Gasteiger partial charge on any atom is -0.489 e. The number of hydrogen-bond donors (Lipinski definition) is 0. The third-order valence-electron chi connectivity index (χ3n) is 3.60. The van der Waals surface area contributed by atoms with Gasteiger partial charge in [0.2, 0.25) is 0 Å². The topological polar surface area (TPSA) is 89.3 Å². The van der Waals surface area contributed by atoms with Crippen molar-refractivity contribution >= 4 is 29.2 Å². The van der Waals surface area contributed by atoms with Crippen LogP contribution in [0.5, 0.6) is 11.5 Å². The summed E-state index contributed by atoms with van der Waals surface area (Å²) in [4.78, 5) is 10.6. The lowest BCUT2D eigenvalue weighted by molar-refractivity contribution is -0.385. The molecule has 8 nitrogen and oxygen atoms in total. The number of non-ortho nitro benzene ring substituents is 1. The average molecular weight is 434 g/mol. The van der Waals surface area contributed by atoms with E-state index >= 15 is 0 Å². The number of benzene rings is 1. The molecule has 0 saturated carbocycles. The molecule has 0 N–H and O–H groups in total. The second-order valence-corrected chi connectivity index (χ2v) is 8.10. The molecular formula is C18H27NO7S2. The van der Waals surface area contributed by atoms with Crippen molar-refractivity contribution in [2.24, 2.45) is 0 Å². The summed E-state index contributed by atoms with van der Waals surface area (Å²) < 4.78 is 28.0. The van der Waals surface area contributed by atoms with Crippen LogP contribution >= 0.6 is 23.5 Å². The Morgan fingerprint density at radius 1 is 0.714 bits per heavy atom. The minimum atomic E-state index is -0.436. The second kappa shape index (κ2) is 14.7. The van der Waals surface area contributed by atoms with Crippen LogP contribution < -0.4 is 9.47 Å². The van der Waals surface area contributed by atoms with E-state index in [-0.39, 0.29) is 5.69 Å². The summed E-state index contributed by atoms with van der Waals surface area (Å²) in [5.41, 5.74) is -0.0114. The molecule has 0 atom stereocenters. The molecular weight excluding hydrogens is 406 g/mol. The molecule has 0 aliphatic carbocycles. The Bertz CT molecular complexity index is 577. The van der Waals surface area contributed by atoms with Crippen LogP contribution in [0.25, 0.3) is 0 Å². The van der Waals surface area contributed by atoms with Crippen molar-refractivity contribution in [2.45, 2.75) is 0 Å². The molecule has 0 amide bonds. The Labute approximate surface area is 173 Å². The largest absolute Gasteiger partial charge is 0.489 e. The first-order valence-electron chi connectivity index (χ1n) is 9.20. The number of hydrogen-bond acceptors (Lipinski definition) is 9. The first-order valence-corrected chi connectivity index (χ1v) is 11.5. The summed E-state index contributed by atoms with van der Waals surface area (Å²) in [7, 11) is 0. The van der Waals surface area contributed by atoms with E-state index in [0.717, 1.165) is 23.0 Å². The highest BCUT2D eigenvalue weighted by atomic mass is 32.2. The molecule has 1 aliphatic heterocycles. The van der Waals surface area contributed by atoms with Crippen LogP contribution in [0.2, 0.25) is 0 Å². The van der Waals surface area contributed by atoms with E-state index in [1.54, 1.807) is 29.6 Å². The van der Waals surface area contributed by atoms with Gasteiger partial charge in [-0.15, -0.1) is 0 Å². The van der Waals surface area contributed by atoms with E-state index in [1.807, 2.05) is 0 Å². The lowest BCUT2D eigenvalue weighted by Crippen LogP contribution is -2.11. The highest BCUT2D eigenvalue weighted by Crippen LogP contribution is 2.31. The monoisotopic (exact) mass is 433 g/mol. The lowest BCUT2D eigenvalue weighted by atomic mass is 10.3. The Hall–Kier alpha value is -1.20. The van der Waals surface area contributed by atoms with Crippen LogP contribution in [0.1, 0.15) is 0 Å². The van der Waals surface area contributed by atoms with Gasteiger partial charge in [-0.3, -0.25) is 10.1 Å². The molecule has 0 fully saturated rings.